The van der Waals surface area contributed by atoms with Crippen molar-refractivity contribution in [1.29, 1.82) is 0 Å². The molecule has 212 valence electrons. The van der Waals surface area contributed by atoms with Gasteiger partial charge in [-0.2, -0.15) is 0 Å². The highest BCUT2D eigenvalue weighted by molar-refractivity contribution is 9.10. The van der Waals surface area contributed by atoms with E-state index in [-0.39, 0.29) is 18.0 Å². The van der Waals surface area contributed by atoms with Crippen LogP contribution >= 0.6 is 15.9 Å². The Balaban J connectivity index is 1.49. The van der Waals surface area contributed by atoms with Gasteiger partial charge in [0.2, 0.25) is 5.91 Å². The minimum atomic E-state index is -0.707. The number of hydrogen-bond donors (Lipinski definition) is 2. The number of nitro groups is 1. The topological polar surface area (TPSA) is 140 Å². The summed E-state index contributed by atoms with van der Waals surface area (Å²) < 4.78 is 12.2. The third-order valence-electron chi connectivity index (χ3n) is 6.08. The Morgan fingerprint density at radius 2 is 1.88 bits per heavy atom. The van der Waals surface area contributed by atoms with E-state index in [1.807, 2.05) is 19.1 Å². The lowest BCUT2D eigenvalue weighted by Gasteiger charge is -2.15. The van der Waals surface area contributed by atoms with Gasteiger partial charge < -0.3 is 20.1 Å². The number of anilines is 1. The van der Waals surface area contributed by atoms with E-state index in [1.54, 1.807) is 43.3 Å². The van der Waals surface area contributed by atoms with Gasteiger partial charge in [0.05, 0.1) is 16.0 Å². The Morgan fingerprint density at radius 1 is 1.10 bits per heavy atom. The molecule has 12 heteroatoms. The number of carbonyl (C=O) groups excluding carboxylic acids is 3. The fraction of sp³-hybridized carbons (Fsp3) is 0.207. The van der Waals surface area contributed by atoms with Gasteiger partial charge in [-0.3, -0.25) is 19.7 Å². The molecule has 3 aromatic rings. The lowest BCUT2D eigenvalue weighted by Crippen LogP contribution is -2.38. The molecule has 1 aliphatic heterocycles. The molecule has 0 aromatic heterocycles. The van der Waals surface area contributed by atoms with Crippen LogP contribution in [0.5, 0.6) is 11.5 Å². The number of nitrogens with zero attached hydrogens (tertiary/aromatic N) is 2. The Bertz CT molecular complexity index is 1540. The Kier molecular flexibility index (Phi) is 9.35. The van der Waals surface area contributed by atoms with Gasteiger partial charge >= 0.3 is 6.03 Å². The SMILES string of the molecule is CCOc1cc(/C=C2/NC(=O)N(CC(=O)Nc3ccccc3CC)C2=O)cc(Br)c1OCc1cccc([N+](=O)[O-])c1. The van der Waals surface area contributed by atoms with Crippen LogP contribution in [0.3, 0.4) is 0 Å². The average Bonchev–Trinajstić information content (AvgIpc) is 3.20. The van der Waals surface area contributed by atoms with Crippen molar-refractivity contribution in [3.05, 3.63) is 97.6 Å². The van der Waals surface area contributed by atoms with E-state index in [2.05, 4.69) is 26.6 Å². The number of hydrogen-bond acceptors (Lipinski definition) is 7. The van der Waals surface area contributed by atoms with Crippen molar-refractivity contribution in [2.24, 2.45) is 0 Å². The standard InChI is InChI=1S/C29H27BrN4O7/c1-3-20-9-5-6-11-23(20)31-26(35)16-33-28(36)24(32-29(33)37)14-19-13-22(30)27(25(15-19)40-4-2)41-17-18-8-7-10-21(12-18)34(38)39/h5-15H,3-4,16-17H2,1-2H3,(H,31,35)(H,32,37)/b24-14+. The summed E-state index contributed by atoms with van der Waals surface area (Å²) in [5, 5.41) is 16.3. The molecule has 3 aromatic carbocycles. The molecule has 11 nitrogen and oxygen atoms in total. The second-order valence-corrected chi connectivity index (χ2v) is 9.77. The number of halogens is 1. The molecule has 0 bridgehead atoms. The maximum absolute atomic E-state index is 13.0. The van der Waals surface area contributed by atoms with Gasteiger partial charge in [-0.15, -0.1) is 0 Å². The second kappa shape index (κ2) is 13.1. The predicted molar refractivity (Wildman–Crippen MR) is 155 cm³/mol. The zero-order valence-electron chi connectivity index (χ0n) is 22.3. The summed E-state index contributed by atoms with van der Waals surface area (Å²) in [4.78, 5) is 49.6. The molecule has 0 aliphatic carbocycles. The van der Waals surface area contributed by atoms with E-state index in [0.29, 0.717) is 45.8 Å². The van der Waals surface area contributed by atoms with Crippen molar-refractivity contribution >= 4 is 51.2 Å². The van der Waals surface area contributed by atoms with Gasteiger partial charge in [-0.25, -0.2) is 9.69 Å². The fourth-order valence-corrected chi connectivity index (χ4v) is 4.73. The number of para-hydroxylation sites is 1. The van der Waals surface area contributed by atoms with Crippen molar-refractivity contribution < 1.29 is 28.8 Å². The summed E-state index contributed by atoms with van der Waals surface area (Å²) in [6.07, 6.45) is 2.19. The highest BCUT2D eigenvalue weighted by atomic mass is 79.9. The number of imide groups is 1. The normalized spacial score (nSPS) is 13.7. The molecule has 0 radical (unpaired) electrons. The summed E-state index contributed by atoms with van der Waals surface area (Å²) in [7, 11) is 0. The van der Waals surface area contributed by atoms with Gasteiger partial charge in [0.15, 0.2) is 11.5 Å². The molecule has 1 saturated heterocycles. The number of urea groups is 1. The number of nitrogens with one attached hydrogen (secondary N) is 2. The van der Waals surface area contributed by atoms with Crippen molar-refractivity contribution in [3.8, 4) is 11.5 Å². The molecule has 1 aliphatic rings. The van der Waals surface area contributed by atoms with Crippen LogP contribution in [0.4, 0.5) is 16.2 Å². The third-order valence-corrected chi connectivity index (χ3v) is 6.67. The average molecular weight is 623 g/mol. The summed E-state index contributed by atoms with van der Waals surface area (Å²) in [6.45, 7) is 3.68. The van der Waals surface area contributed by atoms with Crippen LogP contribution in [-0.2, 0) is 22.6 Å². The highest BCUT2D eigenvalue weighted by Crippen LogP contribution is 2.38. The first-order valence-electron chi connectivity index (χ1n) is 12.7. The van der Waals surface area contributed by atoms with E-state index in [9.17, 15) is 24.5 Å². The highest BCUT2D eigenvalue weighted by Gasteiger charge is 2.35. The number of amides is 4. The Morgan fingerprint density at radius 3 is 2.61 bits per heavy atom. The summed E-state index contributed by atoms with van der Waals surface area (Å²) in [5.74, 6) is -0.411. The molecule has 0 saturated carbocycles. The molecule has 4 rings (SSSR count). The van der Waals surface area contributed by atoms with E-state index >= 15 is 0 Å². The van der Waals surface area contributed by atoms with Crippen LogP contribution in [0.1, 0.15) is 30.5 Å². The molecular weight excluding hydrogens is 596 g/mol. The first kappa shape index (κ1) is 29.3. The van der Waals surface area contributed by atoms with Crippen molar-refractivity contribution in [1.82, 2.24) is 10.2 Å². The smallest absolute Gasteiger partial charge is 0.329 e. The molecule has 41 heavy (non-hydrogen) atoms. The summed E-state index contributed by atoms with van der Waals surface area (Å²) >= 11 is 3.47. The maximum atomic E-state index is 13.0. The van der Waals surface area contributed by atoms with Crippen LogP contribution in [0, 0.1) is 10.1 Å². The number of benzene rings is 3. The summed E-state index contributed by atoms with van der Waals surface area (Å²) in [5.41, 5.74) is 2.64. The molecule has 0 unspecified atom stereocenters. The number of ether oxygens (including phenoxy) is 2. The van der Waals surface area contributed by atoms with E-state index in [4.69, 9.17) is 9.47 Å². The minimum Gasteiger partial charge on any atom is -0.490 e. The number of aryl methyl sites for hydroxylation is 1. The van der Waals surface area contributed by atoms with Gasteiger partial charge in [0, 0.05) is 17.8 Å². The molecular formula is C29H27BrN4O7. The zero-order chi connectivity index (χ0) is 29.5. The lowest BCUT2D eigenvalue weighted by molar-refractivity contribution is -0.384. The molecule has 1 fully saturated rings. The van der Waals surface area contributed by atoms with Crippen LogP contribution in [0.25, 0.3) is 6.08 Å². The number of carbonyl (C=O) groups is 3. The van der Waals surface area contributed by atoms with E-state index in [0.717, 1.165) is 10.5 Å². The van der Waals surface area contributed by atoms with Crippen LogP contribution in [-0.4, -0.2) is 40.8 Å². The largest absolute Gasteiger partial charge is 0.490 e. The van der Waals surface area contributed by atoms with Gasteiger partial charge in [-0.1, -0.05) is 37.3 Å². The van der Waals surface area contributed by atoms with E-state index < -0.39 is 29.3 Å². The second-order valence-electron chi connectivity index (χ2n) is 8.92. The van der Waals surface area contributed by atoms with Crippen molar-refractivity contribution in [2.45, 2.75) is 26.9 Å². The van der Waals surface area contributed by atoms with Crippen LogP contribution in [0.15, 0.2) is 70.8 Å². The molecule has 1 heterocycles. The molecule has 2 N–H and O–H groups in total. The zero-order valence-corrected chi connectivity index (χ0v) is 23.9. The third kappa shape index (κ3) is 7.09. The van der Waals surface area contributed by atoms with Gasteiger partial charge in [-0.05, 0) is 70.2 Å². The van der Waals surface area contributed by atoms with E-state index in [1.165, 1.54) is 18.2 Å². The van der Waals surface area contributed by atoms with Gasteiger partial charge in [0.1, 0.15) is 18.8 Å². The number of nitro benzene ring substituents is 1. The van der Waals surface area contributed by atoms with Crippen molar-refractivity contribution in [3.63, 3.8) is 0 Å². The Hall–Kier alpha value is -4.71. The fourth-order valence-electron chi connectivity index (χ4n) is 4.16. The Labute approximate surface area is 244 Å². The molecule has 0 spiro atoms. The molecule has 4 amide bonds. The lowest BCUT2D eigenvalue weighted by atomic mass is 10.1. The van der Waals surface area contributed by atoms with Gasteiger partial charge in [0.25, 0.3) is 11.6 Å². The molecule has 0 atom stereocenters. The van der Waals surface area contributed by atoms with Crippen LogP contribution in [0.2, 0.25) is 0 Å². The first-order valence-corrected chi connectivity index (χ1v) is 13.5. The number of rotatable bonds is 11. The predicted octanol–water partition coefficient (Wildman–Crippen LogP) is 5.43. The maximum Gasteiger partial charge on any atom is 0.329 e. The first-order chi connectivity index (χ1) is 19.7. The summed E-state index contributed by atoms with van der Waals surface area (Å²) in [6, 6.07) is 16.0. The van der Waals surface area contributed by atoms with Crippen molar-refractivity contribution in [2.75, 3.05) is 18.5 Å². The van der Waals surface area contributed by atoms with Crippen LogP contribution < -0.4 is 20.1 Å². The minimum absolute atomic E-state index is 0.00336. The number of non-ortho nitro benzene ring substituents is 1. The monoisotopic (exact) mass is 622 g/mol. The quantitative estimate of drug-likeness (QED) is 0.126.